The SMILES string of the molecule is CCC(C)CN1CCc2c(ccc(N)c2N)C1. The van der Waals surface area contributed by atoms with Gasteiger partial charge in [-0.2, -0.15) is 0 Å². The van der Waals surface area contributed by atoms with Crippen LogP contribution >= 0.6 is 0 Å². The molecule has 1 aromatic carbocycles. The molecule has 1 heterocycles. The molecule has 0 radical (unpaired) electrons. The molecule has 1 aliphatic heterocycles. The fourth-order valence-corrected chi connectivity index (χ4v) is 2.49. The molecule has 1 atom stereocenters. The van der Waals surface area contributed by atoms with Crippen molar-refractivity contribution in [1.29, 1.82) is 0 Å². The van der Waals surface area contributed by atoms with E-state index in [0.29, 0.717) is 0 Å². The van der Waals surface area contributed by atoms with E-state index in [0.717, 1.165) is 36.8 Å². The number of anilines is 2. The van der Waals surface area contributed by atoms with Crippen LogP contribution < -0.4 is 11.5 Å². The van der Waals surface area contributed by atoms with Crippen LogP contribution in [-0.4, -0.2) is 18.0 Å². The standard InChI is InChI=1S/C14H23N3/c1-3-10(2)8-17-7-6-12-11(9-17)4-5-13(15)14(12)16/h4-5,10H,3,6-9,15-16H2,1-2H3. The lowest BCUT2D eigenvalue weighted by Gasteiger charge is -2.31. The van der Waals surface area contributed by atoms with Crippen molar-refractivity contribution in [3.05, 3.63) is 23.3 Å². The molecule has 1 unspecified atom stereocenters. The Balaban J connectivity index is 2.12. The van der Waals surface area contributed by atoms with E-state index in [9.17, 15) is 0 Å². The van der Waals surface area contributed by atoms with Crippen LogP contribution in [0.4, 0.5) is 11.4 Å². The molecule has 0 spiro atoms. The maximum Gasteiger partial charge on any atom is 0.0584 e. The van der Waals surface area contributed by atoms with Crippen LogP contribution in [0.15, 0.2) is 12.1 Å². The first-order chi connectivity index (χ1) is 8.11. The monoisotopic (exact) mass is 233 g/mol. The van der Waals surface area contributed by atoms with E-state index in [2.05, 4.69) is 24.8 Å². The van der Waals surface area contributed by atoms with E-state index < -0.39 is 0 Å². The molecule has 2 rings (SSSR count). The summed E-state index contributed by atoms with van der Waals surface area (Å²) in [7, 11) is 0. The molecule has 0 fully saturated rings. The lowest BCUT2D eigenvalue weighted by Crippen LogP contribution is -2.34. The van der Waals surface area contributed by atoms with Gasteiger partial charge in [0, 0.05) is 19.6 Å². The predicted octanol–water partition coefficient (Wildman–Crippen LogP) is 2.26. The second-order valence-electron chi connectivity index (χ2n) is 5.20. The third-order valence-electron chi connectivity index (χ3n) is 3.83. The van der Waals surface area contributed by atoms with Crippen molar-refractivity contribution in [2.45, 2.75) is 33.2 Å². The Kier molecular flexibility index (Phi) is 3.57. The molecule has 0 amide bonds. The van der Waals surface area contributed by atoms with Crippen molar-refractivity contribution < 1.29 is 0 Å². The zero-order valence-electron chi connectivity index (χ0n) is 10.9. The summed E-state index contributed by atoms with van der Waals surface area (Å²) in [5, 5.41) is 0. The average Bonchev–Trinajstić information content (AvgIpc) is 2.34. The molecule has 0 saturated heterocycles. The predicted molar refractivity (Wildman–Crippen MR) is 73.7 cm³/mol. The van der Waals surface area contributed by atoms with Crippen molar-refractivity contribution in [1.82, 2.24) is 4.90 Å². The maximum atomic E-state index is 6.03. The third-order valence-corrected chi connectivity index (χ3v) is 3.83. The minimum atomic E-state index is 0.721. The van der Waals surface area contributed by atoms with E-state index in [-0.39, 0.29) is 0 Å². The van der Waals surface area contributed by atoms with Crippen LogP contribution in [0, 0.1) is 5.92 Å². The summed E-state index contributed by atoms with van der Waals surface area (Å²) in [6.45, 7) is 7.86. The lowest BCUT2D eigenvalue weighted by atomic mass is 9.96. The molecule has 17 heavy (non-hydrogen) atoms. The van der Waals surface area contributed by atoms with Gasteiger partial charge in [0.25, 0.3) is 0 Å². The lowest BCUT2D eigenvalue weighted by molar-refractivity contribution is 0.218. The first-order valence-corrected chi connectivity index (χ1v) is 6.49. The van der Waals surface area contributed by atoms with Crippen molar-refractivity contribution >= 4 is 11.4 Å². The second kappa shape index (κ2) is 4.96. The molecular formula is C14H23N3. The van der Waals surface area contributed by atoms with Crippen molar-refractivity contribution in [3.8, 4) is 0 Å². The molecule has 0 saturated carbocycles. The smallest absolute Gasteiger partial charge is 0.0584 e. The van der Waals surface area contributed by atoms with E-state index in [1.165, 1.54) is 24.1 Å². The van der Waals surface area contributed by atoms with E-state index in [1.807, 2.05) is 6.07 Å². The van der Waals surface area contributed by atoms with Gasteiger partial charge in [0.1, 0.15) is 0 Å². The average molecular weight is 233 g/mol. The molecule has 0 aromatic heterocycles. The van der Waals surface area contributed by atoms with Crippen LogP contribution in [0.2, 0.25) is 0 Å². The van der Waals surface area contributed by atoms with Gasteiger partial charge in [-0.3, -0.25) is 4.90 Å². The maximum absolute atomic E-state index is 6.03. The molecular weight excluding hydrogens is 210 g/mol. The largest absolute Gasteiger partial charge is 0.397 e. The minimum Gasteiger partial charge on any atom is -0.397 e. The quantitative estimate of drug-likeness (QED) is 0.787. The Morgan fingerprint density at radius 2 is 2.12 bits per heavy atom. The Morgan fingerprint density at radius 3 is 2.82 bits per heavy atom. The van der Waals surface area contributed by atoms with Gasteiger partial charge in [0.15, 0.2) is 0 Å². The highest BCUT2D eigenvalue weighted by Crippen LogP contribution is 2.29. The summed E-state index contributed by atoms with van der Waals surface area (Å²) < 4.78 is 0. The number of nitrogen functional groups attached to an aromatic ring is 2. The third kappa shape index (κ3) is 2.55. The van der Waals surface area contributed by atoms with Crippen molar-refractivity contribution in [2.24, 2.45) is 5.92 Å². The van der Waals surface area contributed by atoms with Crippen LogP contribution in [0.3, 0.4) is 0 Å². The number of rotatable bonds is 3. The normalized spacial score (nSPS) is 17.8. The Labute approximate surface area is 104 Å². The summed E-state index contributed by atoms with van der Waals surface area (Å²) in [6, 6.07) is 4.06. The highest BCUT2D eigenvalue weighted by molar-refractivity contribution is 5.69. The van der Waals surface area contributed by atoms with Gasteiger partial charge in [0.05, 0.1) is 11.4 Å². The number of benzene rings is 1. The summed E-state index contributed by atoms with van der Waals surface area (Å²) >= 11 is 0. The zero-order valence-corrected chi connectivity index (χ0v) is 10.9. The fourth-order valence-electron chi connectivity index (χ4n) is 2.49. The molecule has 0 aliphatic carbocycles. The van der Waals surface area contributed by atoms with Crippen LogP contribution in [0.25, 0.3) is 0 Å². The van der Waals surface area contributed by atoms with Gasteiger partial charge in [-0.05, 0) is 29.5 Å². The van der Waals surface area contributed by atoms with Crippen molar-refractivity contribution in [2.75, 3.05) is 24.6 Å². The van der Waals surface area contributed by atoms with Gasteiger partial charge in [-0.25, -0.2) is 0 Å². The summed E-state index contributed by atoms with van der Waals surface area (Å²) in [6.07, 6.45) is 2.27. The van der Waals surface area contributed by atoms with E-state index in [1.54, 1.807) is 0 Å². The summed E-state index contributed by atoms with van der Waals surface area (Å²) in [5.74, 6) is 0.766. The second-order valence-corrected chi connectivity index (χ2v) is 5.20. The highest BCUT2D eigenvalue weighted by atomic mass is 15.1. The molecule has 0 bridgehead atoms. The molecule has 94 valence electrons. The van der Waals surface area contributed by atoms with Crippen LogP contribution in [-0.2, 0) is 13.0 Å². The molecule has 4 N–H and O–H groups in total. The highest BCUT2D eigenvalue weighted by Gasteiger charge is 2.19. The van der Waals surface area contributed by atoms with Gasteiger partial charge in [-0.15, -0.1) is 0 Å². The molecule has 1 aromatic rings. The Hall–Kier alpha value is -1.22. The summed E-state index contributed by atoms with van der Waals surface area (Å²) in [4.78, 5) is 2.52. The number of nitrogens with two attached hydrogens (primary N) is 2. The van der Waals surface area contributed by atoms with Crippen LogP contribution in [0.5, 0.6) is 0 Å². The van der Waals surface area contributed by atoms with Crippen LogP contribution in [0.1, 0.15) is 31.4 Å². The van der Waals surface area contributed by atoms with E-state index in [4.69, 9.17) is 11.5 Å². The Morgan fingerprint density at radius 1 is 1.35 bits per heavy atom. The van der Waals surface area contributed by atoms with E-state index >= 15 is 0 Å². The first kappa shape index (κ1) is 12.2. The van der Waals surface area contributed by atoms with Gasteiger partial charge in [-0.1, -0.05) is 26.3 Å². The molecule has 3 nitrogen and oxygen atoms in total. The summed E-state index contributed by atoms with van der Waals surface area (Å²) in [5.41, 5.74) is 16.0. The molecule has 1 aliphatic rings. The van der Waals surface area contributed by atoms with Crippen molar-refractivity contribution in [3.63, 3.8) is 0 Å². The minimum absolute atomic E-state index is 0.721. The van der Waals surface area contributed by atoms with Gasteiger partial charge >= 0.3 is 0 Å². The zero-order chi connectivity index (χ0) is 12.4. The topological polar surface area (TPSA) is 55.3 Å². The van der Waals surface area contributed by atoms with Gasteiger partial charge < -0.3 is 11.5 Å². The Bertz CT molecular complexity index is 401. The molecule has 3 heteroatoms. The fraction of sp³-hybridized carbons (Fsp3) is 0.571. The first-order valence-electron chi connectivity index (χ1n) is 6.49. The number of nitrogens with zero attached hydrogens (tertiary/aromatic N) is 1. The number of hydrogen-bond donors (Lipinski definition) is 2. The number of fused-ring (bicyclic) bond motifs is 1. The van der Waals surface area contributed by atoms with Gasteiger partial charge in [0.2, 0.25) is 0 Å². The number of hydrogen-bond acceptors (Lipinski definition) is 3.